The zero-order valence-corrected chi connectivity index (χ0v) is 14.4. The van der Waals surface area contributed by atoms with E-state index in [1.54, 1.807) is 12.3 Å². The number of nitrogens with zero attached hydrogens (tertiary/aromatic N) is 1. The topological polar surface area (TPSA) is 60.5 Å². The first-order valence-electron chi connectivity index (χ1n) is 8.79. The smallest absolute Gasteiger partial charge is 0.257 e. The molecule has 2 heterocycles. The Bertz CT molecular complexity index is 897. The number of aromatic nitrogens is 1. The Morgan fingerprint density at radius 1 is 1.15 bits per heavy atom. The largest absolute Gasteiger partial charge is 0.491 e. The third-order valence-electron chi connectivity index (χ3n) is 4.45. The van der Waals surface area contributed by atoms with Crippen LogP contribution < -0.4 is 10.1 Å². The van der Waals surface area contributed by atoms with E-state index in [0.717, 1.165) is 30.6 Å². The number of pyridine rings is 1. The summed E-state index contributed by atoms with van der Waals surface area (Å²) < 4.78 is 11.3. The highest BCUT2D eigenvalue weighted by Gasteiger charge is 2.16. The standard InChI is InChI=1S/C21H20N2O3/c24-21(19-7-1-4-15-5-2-12-22-20(15)19)23-16-8-10-17(11-9-16)26-14-18-6-3-13-25-18/h1-2,4-5,7-12,18H,3,6,13-14H2,(H,23,24). The molecular weight excluding hydrogens is 328 g/mol. The van der Waals surface area contributed by atoms with Gasteiger partial charge in [-0.25, -0.2) is 0 Å². The minimum atomic E-state index is -0.178. The Balaban J connectivity index is 1.42. The molecule has 132 valence electrons. The molecule has 0 aliphatic carbocycles. The lowest BCUT2D eigenvalue weighted by Crippen LogP contribution is -2.16. The Morgan fingerprint density at radius 3 is 2.81 bits per heavy atom. The summed E-state index contributed by atoms with van der Waals surface area (Å²) in [6.07, 6.45) is 4.03. The number of nitrogens with one attached hydrogen (secondary N) is 1. The second kappa shape index (κ2) is 7.54. The monoisotopic (exact) mass is 348 g/mol. The van der Waals surface area contributed by atoms with Crippen molar-refractivity contribution in [2.75, 3.05) is 18.5 Å². The number of hydrogen-bond acceptors (Lipinski definition) is 4. The van der Waals surface area contributed by atoms with Gasteiger partial charge in [0.1, 0.15) is 12.4 Å². The third-order valence-corrected chi connectivity index (χ3v) is 4.45. The number of amides is 1. The Hall–Kier alpha value is -2.92. The second-order valence-electron chi connectivity index (χ2n) is 6.31. The maximum absolute atomic E-state index is 12.6. The van der Waals surface area contributed by atoms with Gasteiger partial charge in [0.25, 0.3) is 5.91 Å². The van der Waals surface area contributed by atoms with E-state index in [4.69, 9.17) is 9.47 Å². The number of carbonyl (C=O) groups excluding carboxylic acids is 1. The van der Waals surface area contributed by atoms with Crippen molar-refractivity contribution in [3.63, 3.8) is 0 Å². The molecule has 0 bridgehead atoms. The maximum Gasteiger partial charge on any atom is 0.257 e. The van der Waals surface area contributed by atoms with Crippen LogP contribution in [0.25, 0.3) is 10.9 Å². The molecule has 1 aromatic heterocycles. The van der Waals surface area contributed by atoms with E-state index in [0.29, 0.717) is 23.4 Å². The Labute approximate surface area is 152 Å². The minimum Gasteiger partial charge on any atom is -0.491 e. The van der Waals surface area contributed by atoms with Crippen molar-refractivity contribution in [3.05, 3.63) is 66.4 Å². The van der Waals surface area contributed by atoms with Crippen molar-refractivity contribution >= 4 is 22.5 Å². The molecule has 1 fully saturated rings. The van der Waals surface area contributed by atoms with Crippen molar-refractivity contribution in [1.29, 1.82) is 0 Å². The molecule has 1 amide bonds. The van der Waals surface area contributed by atoms with Crippen LogP contribution in [0.5, 0.6) is 5.75 Å². The first-order valence-corrected chi connectivity index (χ1v) is 8.79. The summed E-state index contributed by atoms with van der Waals surface area (Å²) in [5, 5.41) is 3.86. The lowest BCUT2D eigenvalue weighted by Gasteiger charge is -2.12. The van der Waals surface area contributed by atoms with Crippen LogP contribution in [0.15, 0.2) is 60.8 Å². The average Bonchev–Trinajstić information content (AvgIpc) is 3.20. The van der Waals surface area contributed by atoms with Gasteiger partial charge in [-0.2, -0.15) is 0 Å². The van der Waals surface area contributed by atoms with Gasteiger partial charge in [-0.05, 0) is 49.2 Å². The normalized spacial score (nSPS) is 16.5. The summed E-state index contributed by atoms with van der Waals surface area (Å²) in [5.74, 6) is 0.590. The van der Waals surface area contributed by atoms with Crippen LogP contribution in [0.1, 0.15) is 23.2 Å². The molecule has 1 N–H and O–H groups in total. The van der Waals surface area contributed by atoms with Crippen LogP contribution >= 0.6 is 0 Å². The third kappa shape index (κ3) is 3.68. The van der Waals surface area contributed by atoms with Crippen molar-refractivity contribution in [2.24, 2.45) is 0 Å². The van der Waals surface area contributed by atoms with Crippen LogP contribution in [-0.2, 0) is 4.74 Å². The Morgan fingerprint density at radius 2 is 2.00 bits per heavy atom. The highest BCUT2D eigenvalue weighted by molar-refractivity contribution is 6.11. The number of para-hydroxylation sites is 1. The van der Waals surface area contributed by atoms with E-state index in [1.807, 2.05) is 48.5 Å². The fourth-order valence-corrected chi connectivity index (χ4v) is 3.09. The van der Waals surface area contributed by atoms with Crippen LogP contribution in [0, 0.1) is 0 Å². The fourth-order valence-electron chi connectivity index (χ4n) is 3.09. The fraction of sp³-hybridized carbons (Fsp3) is 0.238. The van der Waals surface area contributed by atoms with Gasteiger partial charge >= 0.3 is 0 Å². The maximum atomic E-state index is 12.6. The molecule has 26 heavy (non-hydrogen) atoms. The van der Waals surface area contributed by atoms with E-state index >= 15 is 0 Å². The molecule has 1 unspecified atom stereocenters. The predicted molar refractivity (Wildman–Crippen MR) is 101 cm³/mol. The molecule has 0 radical (unpaired) electrons. The highest BCUT2D eigenvalue weighted by Crippen LogP contribution is 2.21. The number of rotatable bonds is 5. The van der Waals surface area contributed by atoms with Gasteiger partial charge in [-0.3, -0.25) is 9.78 Å². The van der Waals surface area contributed by atoms with Crippen molar-refractivity contribution in [3.8, 4) is 5.75 Å². The first-order chi connectivity index (χ1) is 12.8. The molecule has 1 aliphatic rings. The molecule has 1 saturated heterocycles. The highest BCUT2D eigenvalue weighted by atomic mass is 16.5. The number of hydrogen-bond donors (Lipinski definition) is 1. The number of anilines is 1. The number of fused-ring (bicyclic) bond motifs is 1. The Kier molecular flexibility index (Phi) is 4.80. The summed E-state index contributed by atoms with van der Waals surface area (Å²) in [7, 11) is 0. The second-order valence-corrected chi connectivity index (χ2v) is 6.31. The molecule has 1 atom stereocenters. The SMILES string of the molecule is O=C(Nc1ccc(OCC2CCCO2)cc1)c1cccc2cccnc12. The molecule has 0 spiro atoms. The summed E-state index contributed by atoms with van der Waals surface area (Å²) in [6, 6.07) is 16.8. The van der Waals surface area contributed by atoms with Gasteiger partial charge in [-0.1, -0.05) is 18.2 Å². The van der Waals surface area contributed by atoms with Gasteiger partial charge in [0, 0.05) is 23.9 Å². The van der Waals surface area contributed by atoms with Crippen LogP contribution in [-0.4, -0.2) is 30.2 Å². The molecule has 5 nitrogen and oxygen atoms in total. The van der Waals surface area contributed by atoms with Gasteiger partial charge in [0.2, 0.25) is 0 Å². The molecule has 3 aromatic rings. The summed E-state index contributed by atoms with van der Waals surface area (Å²) in [4.78, 5) is 16.9. The molecule has 2 aromatic carbocycles. The summed E-state index contributed by atoms with van der Waals surface area (Å²) >= 11 is 0. The van der Waals surface area contributed by atoms with Crippen LogP contribution in [0.3, 0.4) is 0 Å². The van der Waals surface area contributed by atoms with E-state index in [-0.39, 0.29) is 12.0 Å². The summed E-state index contributed by atoms with van der Waals surface area (Å²) in [6.45, 7) is 1.38. The van der Waals surface area contributed by atoms with E-state index < -0.39 is 0 Å². The molecule has 0 saturated carbocycles. The van der Waals surface area contributed by atoms with E-state index in [1.165, 1.54) is 0 Å². The molecule has 1 aliphatic heterocycles. The van der Waals surface area contributed by atoms with E-state index in [2.05, 4.69) is 10.3 Å². The number of ether oxygens (including phenoxy) is 2. The van der Waals surface area contributed by atoms with Gasteiger partial charge in [0.05, 0.1) is 17.2 Å². The van der Waals surface area contributed by atoms with Crippen molar-refractivity contribution in [1.82, 2.24) is 4.98 Å². The molecule has 4 rings (SSSR count). The molecule has 5 heteroatoms. The van der Waals surface area contributed by atoms with Crippen LogP contribution in [0.2, 0.25) is 0 Å². The van der Waals surface area contributed by atoms with Gasteiger partial charge in [-0.15, -0.1) is 0 Å². The number of carbonyl (C=O) groups is 1. The van der Waals surface area contributed by atoms with Crippen molar-refractivity contribution in [2.45, 2.75) is 18.9 Å². The lowest BCUT2D eigenvalue weighted by atomic mass is 10.1. The van der Waals surface area contributed by atoms with Gasteiger partial charge in [0.15, 0.2) is 0 Å². The number of benzene rings is 2. The molecular formula is C21H20N2O3. The first kappa shape index (κ1) is 16.5. The zero-order chi connectivity index (χ0) is 17.8. The van der Waals surface area contributed by atoms with E-state index in [9.17, 15) is 4.79 Å². The van der Waals surface area contributed by atoms with Crippen LogP contribution in [0.4, 0.5) is 5.69 Å². The van der Waals surface area contributed by atoms with Gasteiger partial charge < -0.3 is 14.8 Å². The minimum absolute atomic E-state index is 0.178. The van der Waals surface area contributed by atoms with Crippen molar-refractivity contribution < 1.29 is 14.3 Å². The summed E-state index contributed by atoms with van der Waals surface area (Å²) in [5.41, 5.74) is 1.97. The lowest BCUT2D eigenvalue weighted by molar-refractivity contribution is 0.0679. The quantitative estimate of drug-likeness (QED) is 0.756. The predicted octanol–water partition coefficient (Wildman–Crippen LogP) is 4.04. The average molecular weight is 348 g/mol. The zero-order valence-electron chi connectivity index (χ0n) is 14.4.